The SMILES string of the molecule is CN1C(=O)Cc2cc(NC(=O)c3cc(=O)c4ccccc4o3)ccc21. The van der Waals surface area contributed by atoms with Crippen LogP contribution in [0, 0.1) is 0 Å². The molecule has 3 aromatic rings. The van der Waals surface area contributed by atoms with E-state index in [0.717, 1.165) is 11.3 Å². The number of carbonyl (C=O) groups is 2. The highest BCUT2D eigenvalue weighted by Crippen LogP contribution is 2.30. The number of para-hydroxylation sites is 1. The fourth-order valence-electron chi connectivity index (χ4n) is 2.96. The fraction of sp³-hybridized carbons (Fsp3) is 0.105. The Kier molecular flexibility index (Phi) is 3.39. The summed E-state index contributed by atoms with van der Waals surface area (Å²) < 4.78 is 5.53. The van der Waals surface area contributed by atoms with Crippen molar-refractivity contribution in [3.8, 4) is 0 Å². The average molecular weight is 334 g/mol. The Hall–Kier alpha value is -3.41. The molecule has 25 heavy (non-hydrogen) atoms. The molecule has 0 fully saturated rings. The zero-order valence-electron chi connectivity index (χ0n) is 13.4. The van der Waals surface area contributed by atoms with Crippen LogP contribution in [0.15, 0.2) is 57.7 Å². The lowest BCUT2D eigenvalue weighted by molar-refractivity contribution is -0.117. The summed E-state index contributed by atoms with van der Waals surface area (Å²) >= 11 is 0. The molecule has 6 nitrogen and oxygen atoms in total. The second-order valence-corrected chi connectivity index (χ2v) is 5.90. The van der Waals surface area contributed by atoms with E-state index in [2.05, 4.69) is 5.32 Å². The van der Waals surface area contributed by atoms with Crippen LogP contribution in [0.1, 0.15) is 16.1 Å². The molecular formula is C19H14N2O4. The molecule has 0 unspecified atom stereocenters. The molecule has 2 aromatic carbocycles. The highest BCUT2D eigenvalue weighted by atomic mass is 16.3. The van der Waals surface area contributed by atoms with Crippen molar-refractivity contribution in [2.75, 3.05) is 17.3 Å². The number of likely N-dealkylation sites (N-methyl/N-ethyl adjacent to an activating group) is 1. The summed E-state index contributed by atoms with van der Waals surface area (Å²) in [5.74, 6) is -0.558. The fourth-order valence-corrected chi connectivity index (χ4v) is 2.96. The predicted octanol–water partition coefficient (Wildman–Crippen LogP) is 2.56. The molecule has 1 N–H and O–H groups in total. The third kappa shape index (κ3) is 2.57. The van der Waals surface area contributed by atoms with Gasteiger partial charge in [0.2, 0.25) is 5.91 Å². The minimum atomic E-state index is -0.513. The van der Waals surface area contributed by atoms with Gasteiger partial charge in [-0.25, -0.2) is 0 Å². The molecule has 1 aliphatic heterocycles. The molecule has 0 saturated heterocycles. The molecule has 1 aromatic heterocycles. The highest BCUT2D eigenvalue weighted by molar-refractivity contribution is 6.05. The van der Waals surface area contributed by atoms with Crippen LogP contribution in [0.2, 0.25) is 0 Å². The number of hydrogen-bond donors (Lipinski definition) is 1. The lowest BCUT2D eigenvalue weighted by atomic mass is 10.1. The van der Waals surface area contributed by atoms with Crippen molar-refractivity contribution < 1.29 is 14.0 Å². The quantitative estimate of drug-likeness (QED) is 0.781. The molecular weight excluding hydrogens is 320 g/mol. The Balaban J connectivity index is 1.64. The topological polar surface area (TPSA) is 79.6 Å². The maximum Gasteiger partial charge on any atom is 0.291 e. The lowest BCUT2D eigenvalue weighted by Crippen LogP contribution is -2.20. The minimum Gasteiger partial charge on any atom is -0.451 e. The smallest absolute Gasteiger partial charge is 0.291 e. The van der Waals surface area contributed by atoms with E-state index in [1.807, 2.05) is 0 Å². The van der Waals surface area contributed by atoms with Crippen LogP contribution in [-0.2, 0) is 11.2 Å². The van der Waals surface area contributed by atoms with Crippen molar-refractivity contribution in [2.24, 2.45) is 0 Å². The summed E-state index contributed by atoms with van der Waals surface area (Å²) in [4.78, 5) is 37.8. The molecule has 0 atom stereocenters. The molecule has 4 rings (SSSR count). The number of anilines is 2. The summed E-state index contributed by atoms with van der Waals surface area (Å²) in [5.41, 5.74) is 2.32. The molecule has 6 heteroatoms. The molecule has 0 radical (unpaired) electrons. The van der Waals surface area contributed by atoms with Crippen molar-refractivity contribution in [3.05, 3.63) is 70.1 Å². The van der Waals surface area contributed by atoms with E-state index in [1.165, 1.54) is 6.07 Å². The minimum absolute atomic E-state index is 0.0130. The third-order valence-electron chi connectivity index (χ3n) is 4.27. The normalized spacial score (nSPS) is 13.2. The molecule has 0 bridgehead atoms. The average Bonchev–Trinajstić information content (AvgIpc) is 2.88. The molecule has 0 saturated carbocycles. The number of amides is 2. The van der Waals surface area contributed by atoms with Crippen LogP contribution in [0.25, 0.3) is 11.0 Å². The van der Waals surface area contributed by atoms with Gasteiger partial charge in [-0.3, -0.25) is 14.4 Å². The number of nitrogens with zero attached hydrogens (tertiary/aromatic N) is 1. The second-order valence-electron chi connectivity index (χ2n) is 5.90. The largest absolute Gasteiger partial charge is 0.451 e. The first-order valence-corrected chi connectivity index (χ1v) is 7.76. The van der Waals surface area contributed by atoms with Crippen molar-refractivity contribution >= 4 is 34.2 Å². The van der Waals surface area contributed by atoms with Gasteiger partial charge < -0.3 is 14.6 Å². The molecule has 0 aliphatic carbocycles. The summed E-state index contributed by atoms with van der Waals surface area (Å²) in [6.07, 6.45) is 0.306. The van der Waals surface area contributed by atoms with E-state index in [1.54, 1.807) is 54.4 Å². The number of hydrogen-bond acceptors (Lipinski definition) is 4. The first kappa shape index (κ1) is 15.1. The van der Waals surface area contributed by atoms with Gasteiger partial charge in [0.25, 0.3) is 5.91 Å². The Labute approximate surface area is 142 Å². The van der Waals surface area contributed by atoms with Gasteiger partial charge in [0.1, 0.15) is 5.58 Å². The van der Waals surface area contributed by atoms with Gasteiger partial charge in [-0.05, 0) is 35.9 Å². The third-order valence-corrected chi connectivity index (χ3v) is 4.27. The molecule has 2 amide bonds. The van der Waals surface area contributed by atoms with Crippen LogP contribution >= 0.6 is 0 Å². The van der Waals surface area contributed by atoms with Gasteiger partial charge in [0.15, 0.2) is 11.2 Å². The monoisotopic (exact) mass is 334 g/mol. The van der Waals surface area contributed by atoms with Crippen LogP contribution < -0.4 is 15.6 Å². The van der Waals surface area contributed by atoms with E-state index in [-0.39, 0.29) is 17.1 Å². The second kappa shape index (κ2) is 5.59. The van der Waals surface area contributed by atoms with Crippen molar-refractivity contribution in [1.29, 1.82) is 0 Å². The summed E-state index contributed by atoms with van der Waals surface area (Å²) in [7, 11) is 1.72. The van der Waals surface area contributed by atoms with E-state index in [0.29, 0.717) is 23.1 Å². The van der Waals surface area contributed by atoms with Crippen LogP contribution in [-0.4, -0.2) is 18.9 Å². The van der Waals surface area contributed by atoms with E-state index >= 15 is 0 Å². The zero-order valence-corrected chi connectivity index (χ0v) is 13.4. The molecule has 2 heterocycles. The molecule has 124 valence electrons. The first-order valence-electron chi connectivity index (χ1n) is 7.76. The van der Waals surface area contributed by atoms with Gasteiger partial charge in [-0.1, -0.05) is 12.1 Å². The van der Waals surface area contributed by atoms with Gasteiger partial charge in [-0.2, -0.15) is 0 Å². The Morgan fingerprint density at radius 2 is 1.92 bits per heavy atom. The number of nitrogens with one attached hydrogen (secondary N) is 1. The zero-order chi connectivity index (χ0) is 17.6. The van der Waals surface area contributed by atoms with Crippen molar-refractivity contribution in [1.82, 2.24) is 0 Å². The van der Waals surface area contributed by atoms with Gasteiger partial charge in [-0.15, -0.1) is 0 Å². The number of benzene rings is 2. The molecule has 0 spiro atoms. The maximum atomic E-state index is 12.4. The Morgan fingerprint density at radius 1 is 1.12 bits per heavy atom. The number of rotatable bonds is 2. The first-order chi connectivity index (χ1) is 12.0. The Morgan fingerprint density at radius 3 is 2.76 bits per heavy atom. The summed E-state index contributed by atoms with van der Waals surface area (Å²) in [5, 5.41) is 3.14. The Bertz CT molecular complexity index is 1080. The summed E-state index contributed by atoms with van der Waals surface area (Å²) in [6.45, 7) is 0. The molecule has 1 aliphatic rings. The van der Waals surface area contributed by atoms with Crippen molar-refractivity contribution in [3.63, 3.8) is 0 Å². The van der Waals surface area contributed by atoms with E-state index in [9.17, 15) is 14.4 Å². The maximum absolute atomic E-state index is 12.4. The van der Waals surface area contributed by atoms with Gasteiger partial charge >= 0.3 is 0 Å². The van der Waals surface area contributed by atoms with E-state index in [4.69, 9.17) is 4.42 Å². The lowest BCUT2D eigenvalue weighted by Gasteiger charge is -2.11. The highest BCUT2D eigenvalue weighted by Gasteiger charge is 2.24. The van der Waals surface area contributed by atoms with E-state index < -0.39 is 5.91 Å². The predicted molar refractivity (Wildman–Crippen MR) is 94.0 cm³/mol. The number of fused-ring (bicyclic) bond motifs is 2. The van der Waals surface area contributed by atoms with Crippen molar-refractivity contribution in [2.45, 2.75) is 6.42 Å². The van der Waals surface area contributed by atoms with Crippen LogP contribution in [0.4, 0.5) is 11.4 Å². The number of carbonyl (C=O) groups excluding carboxylic acids is 2. The summed E-state index contributed by atoms with van der Waals surface area (Å²) in [6, 6.07) is 13.2. The van der Waals surface area contributed by atoms with Gasteiger partial charge in [0.05, 0.1) is 11.8 Å². The standard InChI is InChI=1S/C19H14N2O4/c1-21-14-7-6-12(8-11(14)9-18(21)23)20-19(24)17-10-15(22)13-4-2-3-5-16(13)25-17/h2-8,10H,9H2,1H3,(H,20,24). The van der Waals surface area contributed by atoms with Crippen LogP contribution in [0.5, 0.6) is 0 Å². The van der Waals surface area contributed by atoms with Gasteiger partial charge in [0, 0.05) is 24.5 Å². The van der Waals surface area contributed by atoms with Crippen LogP contribution in [0.3, 0.4) is 0 Å².